The average molecular weight is 323 g/mol. The van der Waals surface area contributed by atoms with Crippen LogP contribution in [0.4, 0.5) is 13.2 Å². The van der Waals surface area contributed by atoms with Crippen LogP contribution in [-0.2, 0) is 6.54 Å². The summed E-state index contributed by atoms with van der Waals surface area (Å²) in [6.45, 7) is 1.28. The van der Waals surface area contributed by atoms with Crippen molar-refractivity contribution in [3.8, 4) is 0 Å². The minimum Gasteiger partial charge on any atom is -0.297 e. The lowest BCUT2D eigenvalue weighted by Gasteiger charge is -2.33. The van der Waals surface area contributed by atoms with Crippen molar-refractivity contribution >= 4 is 15.9 Å². The summed E-state index contributed by atoms with van der Waals surface area (Å²) in [5.74, 6) is -1.19. The molecule has 0 spiro atoms. The van der Waals surface area contributed by atoms with Gasteiger partial charge >= 0.3 is 6.18 Å². The number of halogens is 4. The molecular formula is C12H14BrF3N2. The SMILES string of the molecule is FC(F)(F)C1CCCN(Cc2ccc(Br)cn2)C1. The van der Waals surface area contributed by atoms with Crippen molar-refractivity contribution in [1.29, 1.82) is 0 Å². The molecule has 1 unspecified atom stereocenters. The Morgan fingerprint density at radius 2 is 2.17 bits per heavy atom. The molecule has 18 heavy (non-hydrogen) atoms. The average Bonchev–Trinajstić information content (AvgIpc) is 2.31. The zero-order chi connectivity index (χ0) is 13.2. The van der Waals surface area contributed by atoms with Crippen molar-refractivity contribution in [3.05, 3.63) is 28.5 Å². The smallest absolute Gasteiger partial charge is 0.297 e. The largest absolute Gasteiger partial charge is 0.393 e. The Morgan fingerprint density at radius 3 is 2.78 bits per heavy atom. The van der Waals surface area contributed by atoms with E-state index in [0.29, 0.717) is 19.5 Å². The second-order valence-corrected chi connectivity index (χ2v) is 5.50. The topological polar surface area (TPSA) is 16.1 Å². The van der Waals surface area contributed by atoms with E-state index in [4.69, 9.17) is 0 Å². The van der Waals surface area contributed by atoms with Gasteiger partial charge in [0.15, 0.2) is 0 Å². The second-order valence-electron chi connectivity index (χ2n) is 4.58. The third-order valence-electron chi connectivity index (χ3n) is 3.14. The lowest BCUT2D eigenvalue weighted by molar-refractivity contribution is -0.187. The predicted molar refractivity (Wildman–Crippen MR) is 66.0 cm³/mol. The zero-order valence-corrected chi connectivity index (χ0v) is 11.3. The zero-order valence-electron chi connectivity index (χ0n) is 9.75. The van der Waals surface area contributed by atoms with Crippen LogP contribution in [0.15, 0.2) is 22.8 Å². The van der Waals surface area contributed by atoms with E-state index in [1.807, 2.05) is 17.0 Å². The molecule has 6 heteroatoms. The third-order valence-corrected chi connectivity index (χ3v) is 3.61. The summed E-state index contributed by atoms with van der Waals surface area (Å²) in [7, 11) is 0. The van der Waals surface area contributed by atoms with E-state index < -0.39 is 12.1 Å². The molecule has 0 saturated carbocycles. The molecule has 0 aliphatic carbocycles. The first-order chi connectivity index (χ1) is 8.45. The highest BCUT2D eigenvalue weighted by Gasteiger charge is 2.41. The van der Waals surface area contributed by atoms with E-state index >= 15 is 0 Å². The van der Waals surface area contributed by atoms with Crippen LogP contribution in [0, 0.1) is 5.92 Å². The van der Waals surface area contributed by atoms with Gasteiger partial charge in [-0.2, -0.15) is 13.2 Å². The van der Waals surface area contributed by atoms with Gasteiger partial charge < -0.3 is 0 Å². The van der Waals surface area contributed by atoms with Crippen molar-refractivity contribution in [2.45, 2.75) is 25.6 Å². The van der Waals surface area contributed by atoms with Crippen LogP contribution in [0.2, 0.25) is 0 Å². The van der Waals surface area contributed by atoms with Crippen LogP contribution < -0.4 is 0 Å². The van der Waals surface area contributed by atoms with Gasteiger partial charge in [-0.25, -0.2) is 0 Å². The molecule has 1 aromatic rings. The highest BCUT2D eigenvalue weighted by atomic mass is 79.9. The summed E-state index contributed by atoms with van der Waals surface area (Å²) >= 11 is 3.28. The van der Waals surface area contributed by atoms with Crippen molar-refractivity contribution in [3.63, 3.8) is 0 Å². The number of rotatable bonds is 2. The summed E-state index contributed by atoms with van der Waals surface area (Å²) in [6, 6.07) is 3.69. The quantitative estimate of drug-likeness (QED) is 0.826. The van der Waals surface area contributed by atoms with Gasteiger partial charge in [0.25, 0.3) is 0 Å². The van der Waals surface area contributed by atoms with Crippen LogP contribution in [0.25, 0.3) is 0 Å². The number of alkyl halides is 3. The summed E-state index contributed by atoms with van der Waals surface area (Å²) in [4.78, 5) is 6.02. The minimum absolute atomic E-state index is 0.0846. The number of hydrogen-bond donors (Lipinski definition) is 0. The molecule has 1 fully saturated rings. The first-order valence-electron chi connectivity index (χ1n) is 5.84. The Balaban J connectivity index is 1.95. The van der Waals surface area contributed by atoms with Crippen molar-refractivity contribution in [2.75, 3.05) is 13.1 Å². The Kier molecular flexibility index (Phi) is 4.27. The molecule has 0 N–H and O–H groups in total. The lowest BCUT2D eigenvalue weighted by atomic mass is 9.97. The van der Waals surface area contributed by atoms with Gasteiger partial charge in [-0.05, 0) is 47.4 Å². The fourth-order valence-corrected chi connectivity index (χ4v) is 2.43. The van der Waals surface area contributed by atoms with Gasteiger partial charge in [0, 0.05) is 23.8 Å². The molecule has 2 nitrogen and oxygen atoms in total. The first kappa shape index (κ1) is 13.8. The van der Waals surface area contributed by atoms with E-state index in [-0.39, 0.29) is 13.0 Å². The van der Waals surface area contributed by atoms with Crippen LogP contribution in [0.1, 0.15) is 18.5 Å². The van der Waals surface area contributed by atoms with Gasteiger partial charge in [-0.3, -0.25) is 9.88 Å². The van der Waals surface area contributed by atoms with E-state index in [1.54, 1.807) is 6.20 Å². The number of aromatic nitrogens is 1. The Hall–Kier alpha value is -0.620. The number of piperidine rings is 1. The Labute approximate surface area is 112 Å². The molecule has 0 aromatic carbocycles. The van der Waals surface area contributed by atoms with Gasteiger partial charge in [0.05, 0.1) is 11.6 Å². The Bertz CT molecular complexity index is 391. The number of nitrogens with zero attached hydrogens (tertiary/aromatic N) is 2. The van der Waals surface area contributed by atoms with E-state index in [0.717, 1.165) is 10.2 Å². The second kappa shape index (κ2) is 5.57. The Morgan fingerprint density at radius 1 is 1.39 bits per heavy atom. The van der Waals surface area contributed by atoms with Crippen LogP contribution >= 0.6 is 15.9 Å². The van der Waals surface area contributed by atoms with Crippen molar-refractivity contribution in [1.82, 2.24) is 9.88 Å². The van der Waals surface area contributed by atoms with Crippen LogP contribution in [0.5, 0.6) is 0 Å². The summed E-state index contributed by atoms with van der Waals surface area (Å²) in [5, 5.41) is 0. The standard InChI is InChI=1S/C12H14BrF3N2/c13-10-3-4-11(17-6-10)8-18-5-1-2-9(7-18)12(14,15)16/h3-4,6,9H,1-2,5,7-8H2. The molecule has 0 bridgehead atoms. The molecule has 1 aliphatic rings. The molecule has 2 rings (SSSR count). The maximum absolute atomic E-state index is 12.7. The van der Waals surface area contributed by atoms with Crippen molar-refractivity contribution in [2.24, 2.45) is 5.92 Å². The highest BCUT2D eigenvalue weighted by Crippen LogP contribution is 2.33. The van der Waals surface area contributed by atoms with Crippen LogP contribution in [0.3, 0.4) is 0 Å². The van der Waals surface area contributed by atoms with Crippen LogP contribution in [-0.4, -0.2) is 29.1 Å². The summed E-state index contributed by atoms with van der Waals surface area (Å²) < 4.78 is 38.8. The highest BCUT2D eigenvalue weighted by molar-refractivity contribution is 9.10. The molecule has 1 aliphatic heterocycles. The first-order valence-corrected chi connectivity index (χ1v) is 6.64. The van der Waals surface area contributed by atoms with E-state index in [9.17, 15) is 13.2 Å². The van der Waals surface area contributed by atoms with Gasteiger partial charge in [-0.1, -0.05) is 0 Å². The van der Waals surface area contributed by atoms with E-state index in [2.05, 4.69) is 20.9 Å². The normalized spacial score (nSPS) is 22.1. The number of pyridine rings is 1. The molecule has 1 saturated heterocycles. The van der Waals surface area contributed by atoms with Crippen molar-refractivity contribution < 1.29 is 13.2 Å². The molecular weight excluding hydrogens is 309 g/mol. The fourth-order valence-electron chi connectivity index (χ4n) is 2.20. The minimum atomic E-state index is -4.08. The van der Waals surface area contributed by atoms with Gasteiger partial charge in [-0.15, -0.1) is 0 Å². The van der Waals surface area contributed by atoms with Gasteiger partial charge in [0.1, 0.15) is 0 Å². The molecule has 0 amide bonds. The molecule has 2 heterocycles. The predicted octanol–water partition coefficient (Wildman–Crippen LogP) is 3.62. The monoisotopic (exact) mass is 322 g/mol. The maximum atomic E-state index is 12.7. The summed E-state index contributed by atoms with van der Waals surface area (Å²) in [6.07, 6.45) is -1.57. The molecule has 0 radical (unpaired) electrons. The molecule has 1 atom stereocenters. The molecule has 1 aromatic heterocycles. The molecule has 100 valence electrons. The third kappa shape index (κ3) is 3.68. The fraction of sp³-hybridized carbons (Fsp3) is 0.583. The number of likely N-dealkylation sites (tertiary alicyclic amines) is 1. The maximum Gasteiger partial charge on any atom is 0.393 e. The van der Waals surface area contributed by atoms with Gasteiger partial charge in [0.2, 0.25) is 0 Å². The van der Waals surface area contributed by atoms with E-state index in [1.165, 1.54) is 0 Å². The lowest BCUT2D eigenvalue weighted by Crippen LogP contribution is -2.41. The number of hydrogen-bond acceptors (Lipinski definition) is 2. The summed E-state index contributed by atoms with van der Waals surface area (Å²) in [5.41, 5.74) is 0.807.